The number of nitrogens with zero attached hydrogens (tertiary/aromatic N) is 4. The number of thioether (sulfide) groups is 1. The van der Waals surface area contributed by atoms with E-state index >= 15 is 0 Å². The largest absolute Gasteiger partial charge is 1.00 e. The van der Waals surface area contributed by atoms with Crippen LogP contribution in [0.25, 0.3) is 0 Å². The molecule has 5 nitrogen and oxygen atoms in total. The number of hydrogen-bond acceptors (Lipinski definition) is 6. The van der Waals surface area contributed by atoms with Crippen LogP contribution in [0.4, 0.5) is 5.95 Å². The number of benzene rings is 3. The van der Waals surface area contributed by atoms with E-state index in [1.165, 1.54) is 34.0 Å². The third-order valence-electron chi connectivity index (χ3n) is 5.55. The van der Waals surface area contributed by atoms with Crippen LogP contribution in [0.15, 0.2) is 97.3 Å². The maximum absolute atomic E-state index is 13.5. The van der Waals surface area contributed by atoms with Crippen LogP contribution in [-0.2, 0) is 11.2 Å². The highest BCUT2D eigenvalue weighted by molar-refractivity contribution is 8.15. The molecule has 0 aliphatic rings. The van der Waals surface area contributed by atoms with Gasteiger partial charge in [0.15, 0.2) is 0 Å². The van der Waals surface area contributed by atoms with Crippen molar-refractivity contribution >= 4 is 46.0 Å². The zero-order valence-corrected chi connectivity index (χ0v) is 23.1. The summed E-state index contributed by atoms with van der Waals surface area (Å²) < 4.78 is 0. The molecular weight excluding hydrogens is 539 g/mol. The third-order valence-corrected chi connectivity index (χ3v) is 10.9. The van der Waals surface area contributed by atoms with E-state index in [2.05, 4.69) is 87.7 Å². The van der Waals surface area contributed by atoms with Gasteiger partial charge < -0.3 is 21.9 Å². The van der Waals surface area contributed by atoms with Crippen LogP contribution >= 0.6 is 19.0 Å². The predicted octanol–water partition coefficient (Wildman–Crippen LogP) is 0.738. The average Bonchev–Trinajstić information content (AvgIpc) is 2.89. The zero-order valence-electron chi connectivity index (χ0n) is 19.8. The first-order valence-corrected chi connectivity index (χ1v) is 14.1. The van der Waals surface area contributed by atoms with Crippen LogP contribution < -0.4 is 37.8 Å². The lowest BCUT2D eigenvalue weighted by Gasteiger charge is -2.26. The Hall–Kier alpha value is -2.60. The molecule has 1 aromatic heterocycles. The summed E-state index contributed by atoms with van der Waals surface area (Å²) in [5, 5.41) is 3.84. The van der Waals surface area contributed by atoms with Gasteiger partial charge >= 0.3 is 0 Å². The highest BCUT2D eigenvalue weighted by Gasteiger charge is 2.47. The molecule has 0 aliphatic carbocycles. The molecule has 0 N–H and O–H groups in total. The molecule has 0 spiro atoms. The van der Waals surface area contributed by atoms with Crippen molar-refractivity contribution in [3.8, 4) is 0 Å². The number of aromatic nitrogens is 3. The van der Waals surface area contributed by atoms with E-state index in [1.54, 1.807) is 0 Å². The minimum Gasteiger partial charge on any atom is -1.00 e. The molecule has 180 valence electrons. The van der Waals surface area contributed by atoms with E-state index in [9.17, 15) is 4.79 Å². The van der Waals surface area contributed by atoms with E-state index in [1.807, 2.05) is 37.2 Å². The lowest BCUT2D eigenvalue weighted by molar-refractivity contribution is -0.108. The monoisotopic (exact) mass is 566 g/mol. The molecule has 0 amide bonds. The van der Waals surface area contributed by atoms with Crippen LogP contribution in [0.3, 0.4) is 0 Å². The number of carbonyl (C=O) groups is 1. The highest BCUT2D eigenvalue weighted by Crippen LogP contribution is 2.55. The van der Waals surface area contributed by atoms with Gasteiger partial charge in [-0.2, -0.15) is 4.98 Å². The Kier molecular flexibility index (Phi) is 9.96. The van der Waals surface area contributed by atoms with Gasteiger partial charge in [-0.25, -0.2) is 9.97 Å². The minimum absolute atomic E-state index is 0. The van der Waals surface area contributed by atoms with Crippen LogP contribution in [0, 0.1) is 0 Å². The third kappa shape index (κ3) is 6.54. The smallest absolute Gasteiger partial charge is 0.228 e. The van der Waals surface area contributed by atoms with Crippen molar-refractivity contribution in [2.24, 2.45) is 0 Å². The van der Waals surface area contributed by atoms with Gasteiger partial charge in [-0.1, -0.05) is 66.4 Å². The molecule has 0 atom stereocenters. The zero-order chi connectivity index (χ0) is 23.8. The molecule has 0 fully saturated rings. The fourth-order valence-electron chi connectivity index (χ4n) is 3.92. The van der Waals surface area contributed by atoms with E-state index in [-0.39, 0.29) is 22.1 Å². The molecule has 0 bridgehead atoms. The van der Waals surface area contributed by atoms with E-state index in [0.717, 1.165) is 0 Å². The summed E-state index contributed by atoms with van der Waals surface area (Å²) >= 11 is 1.37. The second-order valence-corrected chi connectivity index (χ2v) is 12.7. The molecule has 0 unspecified atom stereocenters. The SMILES string of the molecule is CN(C)c1ncnc(CCSC(=O)C[P+](c2ccccc2)(c2ccccc2)c2ccccc2)n1.[Br-]. The molecule has 1 heterocycles. The Labute approximate surface area is 222 Å². The van der Waals surface area contributed by atoms with Gasteiger partial charge in [0, 0.05) is 26.3 Å². The van der Waals surface area contributed by atoms with Crippen LogP contribution in [0.5, 0.6) is 0 Å². The first-order valence-electron chi connectivity index (χ1n) is 11.2. The minimum atomic E-state index is -2.16. The fourth-order valence-corrected chi connectivity index (χ4v) is 9.25. The summed E-state index contributed by atoms with van der Waals surface area (Å²) in [6.45, 7) is 0. The quantitative estimate of drug-likeness (QED) is 0.278. The summed E-state index contributed by atoms with van der Waals surface area (Å²) in [4.78, 5) is 28.2. The van der Waals surface area contributed by atoms with Crippen molar-refractivity contribution in [3.63, 3.8) is 0 Å². The molecule has 0 saturated heterocycles. The molecule has 0 aliphatic heterocycles. The molecular formula is C27H28BrN4OPS. The van der Waals surface area contributed by atoms with Gasteiger partial charge in [0.05, 0.1) is 0 Å². The van der Waals surface area contributed by atoms with Gasteiger partial charge in [0.25, 0.3) is 0 Å². The molecule has 8 heteroatoms. The average molecular weight is 567 g/mol. The highest BCUT2D eigenvalue weighted by atomic mass is 79.9. The van der Waals surface area contributed by atoms with Crippen molar-refractivity contribution in [1.82, 2.24) is 15.0 Å². The Morgan fingerprint density at radius 1 is 0.800 bits per heavy atom. The standard InChI is InChI=1S/C27H28N4OPS.BrH/c1-31(2)27-29-21-28-25(30-27)18-19-34-26(32)20-33(22-12-6-3-7-13-22,23-14-8-4-9-15-23)24-16-10-5-11-17-24;/h3-17,21H,18-20H2,1-2H3;1H/q+1;/p-1. The van der Waals surface area contributed by atoms with Gasteiger partial charge in [0.2, 0.25) is 11.1 Å². The molecule has 4 aromatic rings. The first kappa shape index (κ1) is 27.0. The summed E-state index contributed by atoms with van der Waals surface area (Å²) in [5.74, 6) is 1.96. The van der Waals surface area contributed by atoms with E-state index in [4.69, 9.17) is 0 Å². The summed E-state index contributed by atoms with van der Waals surface area (Å²) in [6.07, 6.45) is 2.62. The number of halogens is 1. The normalized spacial score (nSPS) is 10.9. The Bertz CT molecular complexity index is 1120. The van der Waals surface area contributed by atoms with Crippen molar-refractivity contribution in [3.05, 3.63) is 103 Å². The van der Waals surface area contributed by atoms with Gasteiger partial charge in [0.1, 0.15) is 41.5 Å². The maximum Gasteiger partial charge on any atom is 0.228 e. The van der Waals surface area contributed by atoms with Crippen molar-refractivity contribution < 1.29 is 21.8 Å². The fraction of sp³-hybridized carbons (Fsp3) is 0.185. The molecule has 35 heavy (non-hydrogen) atoms. The summed E-state index contributed by atoms with van der Waals surface area (Å²) in [7, 11) is 1.64. The molecule has 4 rings (SSSR count). The van der Waals surface area contributed by atoms with Gasteiger partial charge in [-0.3, -0.25) is 4.79 Å². The van der Waals surface area contributed by atoms with Crippen molar-refractivity contribution in [1.29, 1.82) is 0 Å². The topological polar surface area (TPSA) is 59.0 Å². The Morgan fingerprint density at radius 3 is 1.74 bits per heavy atom. The van der Waals surface area contributed by atoms with Crippen LogP contribution in [0.2, 0.25) is 0 Å². The Balaban J connectivity index is 0.00000342. The van der Waals surface area contributed by atoms with Crippen molar-refractivity contribution in [2.75, 3.05) is 30.9 Å². The van der Waals surface area contributed by atoms with Crippen LogP contribution in [0.1, 0.15) is 5.82 Å². The molecule has 3 aromatic carbocycles. The second-order valence-electron chi connectivity index (χ2n) is 8.04. The number of aryl methyl sites for hydroxylation is 1. The summed E-state index contributed by atoms with van der Waals surface area (Å²) in [6, 6.07) is 31.5. The first-order chi connectivity index (χ1) is 16.6. The maximum atomic E-state index is 13.5. The molecule has 0 saturated carbocycles. The molecule has 0 radical (unpaired) electrons. The van der Waals surface area contributed by atoms with E-state index in [0.29, 0.717) is 30.1 Å². The number of carbonyl (C=O) groups excluding carboxylic acids is 1. The second kappa shape index (κ2) is 12.9. The van der Waals surface area contributed by atoms with Crippen molar-refractivity contribution in [2.45, 2.75) is 6.42 Å². The predicted molar refractivity (Wildman–Crippen MR) is 145 cm³/mol. The summed E-state index contributed by atoms with van der Waals surface area (Å²) in [5.41, 5.74) is 0. The van der Waals surface area contributed by atoms with Gasteiger partial charge in [-0.15, -0.1) is 0 Å². The lowest BCUT2D eigenvalue weighted by Crippen LogP contribution is -3.00. The number of anilines is 1. The van der Waals surface area contributed by atoms with E-state index < -0.39 is 7.26 Å². The Morgan fingerprint density at radius 2 is 1.29 bits per heavy atom. The van der Waals surface area contributed by atoms with Crippen LogP contribution in [-0.4, -0.2) is 46.1 Å². The lowest BCUT2D eigenvalue weighted by atomic mass is 10.4. The van der Waals surface area contributed by atoms with Gasteiger partial charge in [-0.05, 0) is 36.4 Å². The number of rotatable bonds is 9. The number of hydrogen-bond donors (Lipinski definition) is 0.